The second kappa shape index (κ2) is 10.0. The Balaban J connectivity index is 1.60. The van der Waals surface area contributed by atoms with Gasteiger partial charge in [0.2, 0.25) is 15.9 Å². The summed E-state index contributed by atoms with van der Waals surface area (Å²) in [6, 6.07) is 18.7. The van der Waals surface area contributed by atoms with Crippen LogP contribution in [0.3, 0.4) is 0 Å². The van der Waals surface area contributed by atoms with Crippen LogP contribution >= 0.6 is 0 Å². The van der Waals surface area contributed by atoms with E-state index in [2.05, 4.69) is 4.90 Å². The lowest BCUT2D eigenvalue weighted by Gasteiger charge is -2.38. The van der Waals surface area contributed by atoms with Gasteiger partial charge in [0.1, 0.15) is 0 Å². The van der Waals surface area contributed by atoms with Crippen LogP contribution in [0.25, 0.3) is 6.08 Å². The molecule has 0 aliphatic carbocycles. The summed E-state index contributed by atoms with van der Waals surface area (Å²) in [5.41, 5.74) is 1.73. The molecule has 1 aliphatic heterocycles. The van der Waals surface area contributed by atoms with E-state index in [4.69, 9.17) is 0 Å². The number of anilines is 1. The van der Waals surface area contributed by atoms with Crippen molar-refractivity contribution in [3.8, 4) is 0 Å². The fourth-order valence-corrected chi connectivity index (χ4v) is 4.79. The molecule has 6 nitrogen and oxygen atoms in total. The third-order valence-corrected chi connectivity index (χ3v) is 6.99. The summed E-state index contributed by atoms with van der Waals surface area (Å²) in [6.45, 7) is 6.24. The Labute approximate surface area is 179 Å². The number of hydrogen-bond donors (Lipinski definition) is 0. The second-order valence-electron chi connectivity index (χ2n) is 7.29. The van der Waals surface area contributed by atoms with Crippen LogP contribution in [0, 0.1) is 0 Å². The highest BCUT2D eigenvalue weighted by Gasteiger charge is 2.31. The van der Waals surface area contributed by atoms with Gasteiger partial charge in [-0.2, -0.15) is 4.31 Å². The molecule has 30 heavy (non-hydrogen) atoms. The standard InChI is InChI=1S/C23H29N3O3S/c1-3-26(22-12-8-5-9-13-22)23(27)20(2)24-15-17-25(18-16-24)30(28,29)19-14-21-10-6-4-7-11-21/h4-14,19-20H,3,15-18H2,1-2H3/b19-14+/t20-/m1/s1. The molecule has 0 saturated carbocycles. The van der Waals surface area contributed by atoms with Crippen LogP contribution in [0.1, 0.15) is 19.4 Å². The van der Waals surface area contributed by atoms with Crippen LogP contribution in [0.5, 0.6) is 0 Å². The topological polar surface area (TPSA) is 60.9 Å². The lowest BCUT2D eigenvalue weighted by atomic mass is 10.2. The van der Waals surface area contributed by atoms with Gasteiger partial charge in [-0.3, -0.25) is 9.69 Å². The quantitative estimate of drug-likeness (QED) is 0.681. The van der Waals surface area contributed by atoms with Crippen molar-refractivity contribution >= 4 is 27.7 Å². The molecule has 0 unspecified atom stereocenters. The highest BCUT2D eigenvalue weighted by Crippen LogP contribution is 2.18. The molecular formula is C23H29N3O3S. The first-order valence-corrected chi connectivity index (χ1v) is 11.8. The maximum atomic E-state index is 13.1. The molecule has 0 radical (unpaired) electrons. The average Bonchev–Trinajstić information content (AvgIpc) is 2.79. The summed E-state index contributed by atoms with van der Waals surface area (Å²) in [4.78, 5) is 16.9. The molecule has 0 spiro atoms. The molecule has 0 N–H and O–H groups in total. The smallest absolute Gasteiger partial charge is 0.244 e. The van der Waals surface area contributed by atoms with E-state index in [-0.39, 0.29) is 11.9 Å². The largest absolute Gasteiger partial charge is 0.311 e. The maximum Gasteiger partial charge on any atom is 0.244 e. The number of likely N-dealkylation sites (N-methyl/N-ethyl adjacent to an activating group) is 1. The van der Waals surface area contributed by atoms with Crippen molar-refractivity contribution in [2.24, 2.45) is 0 Å². The van der Waals surface area contributed by atoms with Gasteiger partial charge in [0, 0.05) is 43.8 Å². The molecule has 0 aromatic heterocycles. The summed E-state index contributed by atoms with van der Waals surface area (Å²) in [5.74, 6) is 0.0315. The molecule has 2 aromatic rings. The van der Waals surface area contributed by atoms with Crippen LogP contribution in [0.2, 0.25) is 0 Å². The Morgan fingerprint density at radius 1 is 1.00 bits per heavy atom. The van der Waals surface area contributed by atoms with Crippen molar-refractivity contribution in [1.29, 1.82) is 0 Å². The van der Waals surface area contributed by atoms with Crippen molar-refractivity contribution in [3.05, 3.63) is 71.6 Å². The molecular weight excluding hydrogens is 398 g/mol. The van der Waals surface area contributed by atoms with Gasteiger partial charge in [-0.25, -0.2) is 8.42 Å². The lowest BCUT2D eigenvalue weighted by Crippen LogP contribution is -2.55. The summed E-state index contributed by atoms with van der Waals surface area (Å²) in [7, 11) is -3.48. The predicted octanol–water partition coefficient (Wildman–Crippen LogP) is 3.05. The first kappa shape index (κ1) is 22.2. The van der Waals surface area contributed by atoms with Gasteiger partial charge in [0.15, 0.2) is 0 Å². The molecule has 1 aliphatic rings. The van der Waals surface area contributed by atoms with Crippen LogP contribution < -0.4 is 4.90 Å². The Hall–Kier alpha value is -2.48. The number of para-hydroxylation sites is 1. The fourth-order valence-electron chi connectivity index (χ4n) is 3.62. The maximum absolute atomic E-state index is 13.1. The molecule has 0 bridgehead atoms. The van der Waals surface area contributed by atoms with Gasteiger partial charge >= 0.3 is 0 Å². The monoisotopic (exact) mass is 427 g/mol. The Morgan fingerprint density at radius 3 is 2.13 bits per heavy atom. The van der Waals surface area contributed by atoms with Gasteiger partial charge in [-0.1, -0.05) is 48.5 Å². The summed E-state index contributed by atoms with van der Waals surface area (Å²) in [6.07, 6.45) is 1.62. The van der Waals surface area contributed by atoms with Crippen molar-refractivity contribution in [2.75, 3.05) is 37.6 Å². The highest BCUT2D eigenvalue weighted by molar-refractivity contribution is 7.92. The zero-order valence-corrected chi connectivity index (χ0v) is 18.3. The normalized spacial score (nSPS) is 17.1. The van der Waals surface area contributed by atoms with Gasteiger partial charge in [0.05, 0.1) is 6.04 Å². The molecule has 1 atom stereocenters. The number of rotatable bonds is 7. The van der Waals surface area contributed by atoms with Gasteiger partial charge in [0.25, 0.3) is 0 Å². The van der Waals surface area contributed by atoms with Crippen LogP contribution in [-0.4, -0.2) is 62.3 Å². The molecule has 2 aromatic carbocycles. The Kier molecular flexibility index (Phi) is 7.42. The van der Waals surface area contributed by atoms with Gasteiger partial charge in [-0.05, 0) is 37.6 Å². The van der Waals surface area contributed by atoms with Crippen molar-refractivity contribution in [3.63, 3.8) is 0 Å². The van der Waals surface area contributed by atoms with Crippen molar-refractivity contribution < 1.29 is 13.2 Å². The summed E-state index contributed by atoms with van der Waals surface area (Å²) < 4.78 is 26.8. The van der Waals surface area contributed by atoms with E-state index in [0.717, 1.165) is 11.3 Å². The number of sulfonamides is 1. The van der Waals surface area contributed by atoms with Crippen molar-refractivity contribution in [2.45, 2.75) is 19.9 Å². The van der Waals surface area contributed by atoms with E-state index in [1.165, 1.54) is 9.71 Å². The number of hydrogen-bond acceptors (Lipinski definition) is 4. The lowest BCUT2D eigenvalue weighted by molar-refractivity contribution is -0.123. The first-order chi connectivity index (χ1) is 14.4. The highest BCUT2D eigenvalue weighted by atomic mass is 32.2. The number of benzene rings is 2. The molecule has 3 rings (SSSR count). The molecule has 1 amide bonds. The Morgan fingerprint density at radius 2 is 1.57 bits per heavy atom. The number of piperazine rings is 1. The average molecular weight is 428 g/mol. The summed E-state index contributed by atoms with van der Waals surface area (Å²) >= 11 is 0. The molecule has 1 heterocycles. The third-order valence-electron chi connectivity index (χ3n) is 5.42. The number of carbonyl (C=O) groups is 1. The van der Waals surface area contributed by atoms with E-state index < -0.39 is 10.0 Å². The molecule has 160 valence electrons. The minimum Gasteiger partial charge on any atom is -0.311 e. The van der Waals surface area contributed by atoms with Crippen molar-refractivity contribution in [1.82, 2.24) is 9.21 Å². The number of amides is 1. The van der Waals surface area contributed by atoms with E-state index in [1.54, 1.807) is 11.0 Å². The van der Waals surface area contributed by atoms with Gasteiger partial charge in [-0.15, -0.1) is 0 Å². The van der Waals surface area contributed by atoms with Gasteiger partial charge < -0.3 is 4.90 Å². The Bertz CT molecular complexity index is 954. The van der Waals surface area contributed by atoms with Crippen LogP contribution in [0.15, 0.2) is 66.1 Å². The molecule has 1 saturated heterocycles. The summed E-state index contributed by atoms with van der Waals surface area (Å²) in [5, 5.41) is 1.26. The van der Waals surface area contributed by atoms with E-state index in [9.17, 15) is 13.2 Å². The second-order valence-corrected chi connectivity index (χ2v) is 9.11. The molecule has 7 heteroatoms. The SMILES string of the molecule is CCN(C(=O)[C@@H](C)N1CCN(S(=O)(=O)/C=C/c2ccccc2)CC1)c1ccccc1. The fraction of sp³-hybridized carbons (Fsp3) is 0.348. The third kappa shape index (κ3) is 5.36. The minimum atomic E-state index is -3.48. The first-order valence-electron chi connectivity index (χ1n) is 10.3. The zero-order valence-electron chi connectivity index (χ0n) is 17.5. The predicted molar refractivity (Wildman–Crippen MR) is 121 cm³/mol. The number of nitrogens with zero attached hydrogens (tertiary/aromatic N) is 3. The van der Waals surface area contributed by atoms with E-state index >= 15 is 0 Å². The van der Waals surface area contributed by atoms with Crippen LogP contribution in [-0.2, 0) is 14.8 Å². The number of carbonyl (C=O) groups excluding carboxylic acids is 1. The van der Waals surface area contributed by atoms with E-state index in [0.29, 0.717) is 32.7 Å². The minimum absolute atomic E-state index is 0.0315. The van der Waals surface area contributed by atoms with E-state index in [1.807, 2.05) is 74.5 Å². The van der Waals surface area contributed by atoms with Crippen LogP contribution in [0.4, 0.5) is 5.69 Å². The zero-order chi connectivity index (χ0) is 21.6. The molecule has 1 fully saturated rings.